The zero-order valence-electron chi connectivity index (χ0n) is 14.6. The third kappa shape index (κ3) is 3.80. The summed E-state index contributed by atoms with van der Waals surface area (Å²) < 4.78 is 36.1. The van der Waals surface area contributed by atoms with E-state index in [1.165, 1.54) is 5.06 Å². The van der Waals surface area contributed by atoms with Crippen LogP contribution in [0.5, 0.6) is 11.5 Å². The molecular formula is C19H23NO4S. The van der Waals surface area contributed by atoms with Crippen molar-refractivity contribution in [2.75, 3.05) is 10.8 Å². The van der Waals surface area contributed by atoms with E-state index < -0.39 is 10.1 Å². The molecule has 0 aliphatic carbocycles. The summed E-state index contributed by atoms with van der Waals surface area (Å²) in [6.45, 7) is 3.95. The largest absolute Gasteiger partial charge is 0.452 e. The van der Waals surface area contributed by atoms with Crippen molar-refractivity contribution in [3.8, 4) is 11.5 Å². The number of nitrogens with zero attached hydrogens (tertiary/aromatic N) is 1. The van der Waals surface area contributed by atoms with Gasteiger partial charge in [-0.25, -0.2) is 0 Å². The van der Waals surface area contributed by atoms with Gasteiger partial charge in [-0.1, -0.05) is 44.5 Å². The average Bonchev–Trinajstić information content (AvgIpc) is 2.59. The molecule has 134 valence electrons. The molecule has 0 aromatic heterocycles. The molecule has 0 radical (unpaired) electrons. The van der Waals surface area contributed by atoms with E-state index in [0.717, 1.165) is 24.8 Å². The van der Waals surface area contributed by atoms with Crippen LogP contribution < -0.4 is 9.80 Å². The third-order valence-corrected chi connectivity index (χ3v) is 5.32. The van der Waals surface area contributed by atoms with Gasteiger partial charge in [0.15, 0.2) is 11.5 Å². The van der Waals surface area contributed by atoms with E-state index in [2.05, 4.69) is 6.92 Å². The molecule has 0 fully saturated rings. The molecule has 0 atom stereocenters. The summed E-state index contributed by atoms with van der Waals surface area (Å²) in [5, 5.41) is 1.38. The molecule has 0 amide bonds. The molecule has 0 N–H and O–H groups in total. The number of hydrogen-bond acceptors (Lipinski definition) is 5. The van der Waals surface area contributed by atoms with Crippen molar-refractivity contribution in [2.24, 2.45) is 0 Å². The van der Waals surface area contributed by atoms with E-state index in [-0.39, 0.29) is 5.75 Å². The number of anilines is 2. The minimum absolute atomic E-state index is 0.0304. The monoisotopic (exact) mass is 361 g/mol. The lowest BCUT2D eigenvalue weighted by molar-refractivity contribution is 0.307. The fraction of sp³-hybridized carbons (Fsp3) is 0.368. The van der Waals surface area contributed by atoms with Gasteiger partial charge in [-0.15, -0.1) is 4.28 Å². The maximum Gasteiger partial charge on any atom is 0.288 e. The van der Waals surface area contributed by atoms with Crippen molar-refractivity contribution in [1.29, 1.82) is 0 Å². The fourth-order valence-corrected chi connectivity index (χ4v) is 3.81. The highest BCUT2D eigenvalue weighted by molar-refractivity contribution is 7.86. The number of ether oxygens (including phenoxy) is 1. The first-order valence-electron chi connectivity index (χ1n) is 8.67. The minimum Gasteiger partial charge on any atom is -0.452 e. The number of benzene rings is 2. The lowest BCUT2D eigenvalue weighted by Crippen LogP contribution is -2.27. The van der Waals surface area contributed by atoms with Crippen LogP contribution in [-0.4, -0.2) is 14.2 Å². The molecular weight excluding hydrogens is 338 g/mol. The molecule has 0 saturated heterocycles. The molecule has 2 aromatic carbocycles. The third-order valence-electron chi connectivity index (χ3n) is 4.03. The second-order valence-corrected chi connectivity index (χ2v) is 7.74. The predicted molar refractivity (Wildman–Crippen MR) is 98.9 cm³/mol. The molecule has 2 aromatic rings. The summed E-state index contributed by atoms with van der Waals surface area (Å²) in [6, 6.07) is 13.0. The number of fused-ring (bicyclic) bond motifs is 2. The van der Waals surface area contributed by atoms with Gasteiger partial charge in [0.1, 0.15) is 11.4 Å². The molecule has 0 spiro atoms. The van der Waals surface area contributed by atoms with Crippen molar-refractivity contribution in [3.63, 3.8) is 0 Å². The van der Waals surface area contributed by atoms with E-state index >= 15 is 0 Å². The second kappa shape index (κ2) is 7.45. The zero-order chi connectivity index (χ0) is 17.9. The first-order valence-corrected chi connectivity index (χ1v) is 10.2. The van der Waals surface area contributed by atoms with Crippen LogP contribution in [0.2, 0.25) is 0 Å². The van der Waals surface area contributed by atoms with Gasteiger partial charge in [0.25, 0.3) is 10.1 Å². The smallest absolute Gasteiger partial charge is 0.288 e. The van der Waals surface area contributed by atoms with Crippen molar-refractivity contribution in [2.45, 2.75) is 39.5 Å². The van der Waals surface area contributed by atoms with E-state index in [0.29, 0.717) is 29.3 Å². The maximum atomic E-state index is 12.3. The molecule has 6 heteroatoms. The van der Waals surface area contributed by atoms with Gasteiger partial charge in [-0.2, -0.15) is 13.5 Å². The number of aryl methyl sites for hydroxylation is 1. The zero-order valence-corrected chi connectivity index (χ0v) is 15.4. The predicted octanol–water partition coefficient (Wildman–Crippen LogP) is 4.94. The Balaban J connectivity index is 2.06. The first kappa shape index (κ1) is 17.8. The van der Waals surface area contributed by atoms with Crippen molar-refractivity contribution < 1.29 is 17.4 Å². The summed E-state index contributed by atoms with van der Waals surface area (Å²) >= 11 is 0. The molecule has 3 rings (SSSR count). The number of hydrogen-bond donors (Lipinski definition) is 0. The molecule has 1 heterocycles. The van der Waals surface area contributed by atoms with Crippen molar-refractivity contribution >= 4 is 21.5 Å². The summed E-state index contributed by atoms with van der Waals surface area (Å²) in [7, 11) is -3.68. The number of rotatable bonds is 7. The van der Waals surface area contributed by atoms with Crippen molar-refractivity contribution in [3.05, 3.63) is 48.0 Å². The minimum atomic E-state index is -3.68. The Morgan fingerprint density at radius 2 is 1.76 bits per heavy atom. The van der Waals surface area contributed by atoms with E-state index in [9.17, 15) is 8.42 Å². The van der Waals surface area contributed by atoms with E-state index in [1.807, 2.05) is 43.3 Å². The van der Waals surface area contributed by atoms with Crippen LogP contribution in [0.1, 0.15) is 38.7 Å². The molecule has 1 aliphatic heterocycles. The Kier molecular flexibility index (Phi) is 5.30. The normalized spacial score (nSPS) is 13.1. The van der Waals surface area contributed by atoms with Gasteiger partial charge in [-0.3, -0.25) is 0 Å². The van der Waals surface area contributed by atoms with E-state index in [1.54, 1.807) is 6.07 Å². The lowest BCUT2D eigenvalue weighted by atomic mass is 10.0. The van der Waals surface area contributed by atoms with Crippen molar-refractivity contribution in [1.82, 2.24) is 0 Å². The van der Waals surface area contributed by atoms with Gasteiger partial charge < -0.3 is 4.74 Å². The van der Waals surface area contributed by atoms with Crippen LogP contribution in [0.4, 0.5) is 11.4 Å². The Morgan fingerprint density at radius 1 is 1.00 bits per heavy atom. The fourth-order valence-electron chi connectivity index (χ4n) is 2.85. The topological polar surface area (TPSA) is 55.8 Å². The van der Waals surface area contributed by atoms with Gasteiger partial charge in [0, 0.05) is 0 Å². The summed E-state index contributed by atoms with van der Waals surface area (Å²) in [5.41, 5.74) is 2.25. The van der Waals surface area contributed by atoms with Crippen LogP contribution >= 0.6 is 0 Å². The van der Waals surface area contributed by atoms with Gasteiger partial charge in [0.05, 0.1) is 5.75 Å². The summed E-state index contributed by atoms with van der Waals surface area (Å²) in [5.74, 6) is 1.23. The number of unbranched alkanes of at least 4 members (excludes halogenated alkanes) is 1. The standard InChI is InChI=1S/C19H23NO4S/c1-3-5-9-15-10-8-12-17-19(15)23-18-13-7-6-11-16(18)20(17)24-25(21,22)14-4-2/h6-8,10-13H,3-5,9,14H2,1-2H3. The number of para-hydroxylation sites is 3. The quantitative estimate of drug-likeness (QED) is 0.699. The average molecular weight is 361 g/mol. The van der Waals surface area contributed by atoms with Gasteiger partial charge in [-0.05, 0) is 43.0 Å². The molecule has 5 nitrogen and oxygen atoms in total. The van der Waals surface area contributed by atoms with Gasteiger partial charge in [0.2, 0.25) is 0 Å². The molecule has 25 heavy (non-hydrogen) atoms. The SMILES string of the molecule is CCCCc1cccc2c1Oc1ccccc1N2OS(=O)(=O)CCC. The highest BCUT2D eigenvalue weighted by atomic mass is 32.2. The highest BCUT2D eigenvalue weighted by Gasteiger charge is 2.30. The Bertz CT molecular complexity index is 848. The lowest BCUT2D eigenvalue weighted by Gasteiger charge is -2.31. The maximum absolute atomic E-state index is 12.3. The molecule has 0 unspecified atom stereocenters. The summed E-state index contributed by atoms with van der Waals surface area (Å²) in [6.07, 6.45) is 3.48. The highest BCUT2D eigenvalue weighted by Crippen LogP contribution is 2.48. The van der Waals surface area contributed by atoms with Crippen LogP contribution in [-0.2, 0) is 20.8 Å². The molecule has 0 bridgehead atoms. The summed E-state index contributed by atoms with van der Waals surface area (Å²) in [4.78, 5) is 0. The molecule has 1 aliphatic rings. The Labute approximate surface area is 149 Å². The van der Waals surface area contributed by atoms with Crippen LogP contribution in [0.25, 0.3) is 0 Å². The van der Waals surface area contributed by atoms with E-state index in [4.69, 9.17) is 9.02 Å². The second-order valence-electron chi connectivity index (χ2n) is 6.07. The van der Waals surface area contributed by atoms with Gasteiger partial charge >= 0.3 is 0 Å². The Morgan fingerprint density at radius 3 is 2.52 bits per heavy atom. The Hall–Kier alpha value is -2.05. The van der Waals surface area contributed by atoms with Crippen LogP contribution in [0.15, 0.2) is 42.5 Å². The van der Waals surface area contributed by atoms with Crippen LogP contribution in [0.3, 0.4) is 0 Å². The first-order chi connectivity index (χ1) is 12.1. The van der Waals surface area contributed by atoms with Crippen LogP contribution in [0, 0.1) is 0 Å². The molecule has 0 saturated carbocycles.